The van der Waals surface area contributed by atoms with Gasteiger partial charge in [-0.25, -0.2) is 26.3 Å². The van der Waals surface area contributed by atoms with Crippen LogP contribution < -0.4 is 20.4 Å². The lowest BCUT2D eigenvalue weighted by Gasteiger charge is -2.14. The number of benzene rings is 2. The van der Waals surface area contributed by atoms with Crippen molar-refractivity contribution in [1.29, 1.82) is 0 Å². The first-order chi connectivity index (χ1) is 10.8. The summed E-state index contributed by atoms with van der Waals surface area (Å²) in [6.07, 6.45) is 0. The lowest BCUT2D eigenvalue weighted by Crippen LogP contribution is -2.36. The third kappa shape index (κ3) is 2.95. The number of halogens is 6. The van der Waals surface area contributed by atoms with E-state index in [1.807, 2.05) is 0 Å². The number of ether oxygens (including phenoxy) is 2. The summed E-state index contributed by atoms with van der Waals surface area (Å²) in [6.45, 7) is 0. The minimum absolute atomic E-state index is 0.227. The van der Waals surface area contributed by atoms with Gasteiger partial charge in [0.2, 0.25) is 7.28 Å². The van der Waals surface area contributed by atoms with E-state index in [0.29, 0.717) is 7.28 Å². The van der Waals surface area contributed by atoms with Crippen LogP contribution in [0.3, 0.4) is 0 Å². The molecule has 1 radical (unpaired) electrons. The molecule has 0 unspecified atom stereocenters. The van der Waals surface area contributed by atoms with Crippen molar-refractivity contribution < 1.29 is 35.8 Å². The molecule has 2 nitrogen and oxygen atoms in total. The Bertz CT molecular complexity index is 702. The standard InChI is InChI=1S/C14H8BF6O2/c1-22-13-7(18)3-5(16)11(20)9(13)15-10-12(21)6(17)4-8(19)14(10)23-2/h3-4H,1-2H3. The van der Waals surface area contributed by atoms with Crippen LogP contribution >= 0.6 is 0 Å². The van der Waals surface area contributed by atoms with Crippen LogP contribution in [0.15, 0.2) is 12.1 Å². The van der Waals surface area contributed by atoms with Gasteiger partial charge in [0.15, 0.2) is 46.4 Å². The van der Waals surface area contributed by atoms with Gasteiger partial charge in [-0.1, -0.05) is 0 Å². The maximum atomic E-state index is 13.9. The van der Waals surface area contributed by atoms with Crippen molar-refractivity contribution in [3.63, 3.8) is 0 Å². The molecule has 0 aliphatic heterocycles. The van der Waals surface area contributed by atoms with Gasteiger partial charge >= 0.3 is 0 Å². The van der Waals surface area contributed by atoms with Gasteiger partial charge in [0.05, 0.1) is 14.2 Å². The first-order valence-corrected chi connectivity index (χ1v) is 6.09. The predicted octanol–water partition coefficient (Wildman–Crippen LogP) is 2.19. The molecule has 0 aliphatic carbocycles. The Morgan fingerprint density at radius 1 is 0.652 bits per heavy atom. The normalized spacial score (nSPS) is 10.6. The van der Waals surface area contributed by atoms with Crippen LogP contribution in [0.2, 0.25) is 0 Å². The van der Waals surface area contributed by atoms with Gasteiger partial charge in [-0.3, -0.25) is 0 Å². The summed E-state index contributed by atoms with van der Waals surface area (Å²) in [5.74, 6) is -10.4. The summed E-state index contributed by atoms with van der Waals surface area (Å²) in [6, 6.07) is 0.455. The van der Waals surface area contributed by atoms with Crippen molar-refractivity contribution in [3.05, 3.63) is 47.0 Å². The highest BCUT2D eigenvalue weighted by Gasteiger charge is 2.26. The van der Waals surface area contributed by atoms with Crippen molar-refractivity contribution in [3.8, 4) is 11.5 Å². The van der Waals surface area contributed by atoms with E-state index in [9.17, 15) is 26.3 Å². The highest BCUT2D eigenvalue weighted by molar-refractivity contribution is 6.69. The van der Waals surface area contributed by atoms with E-state index >= 15 is 0 Å². The summed E-state index contributed by atoms with van der Waals surface area (Å²) < 4.78 is 90.8. The minimum Gasteiger partial charge on any atom is -0.494 e. The number of methoxy groups -OCH3 is 2. The quantitative estimate of drug-likeness (QED) is 0.485. The summed E-state index contributed by atoms with van der Waals surface area (Å²) >= 11 is 0. The summed E-state index contributed by atoms with van der Waals surface area (Å²) in [5.41, 5.74) is -1.71. The Balaban J connectivity index is 2.70. The second-order valence-corrected chi connectivity index (χ2v) is 4.35. The van der Waals surface area contributed by atoms with Gasteiger partial charge in [-0.2, -0.15) is 0 Å². The summed E-state index contributed by atoms with van der Waals surface area (Å²) in [4.78, 5) is 0. The Morgan fingerprint density at radius 3 is 1.30 bits per heavy atom. The van der Waals surface area contributed by atoms with E-state index in [1.165, 1.54) is 0 Å². The van der Waals surface area contributed by atoms with Gasteiger partial charge in [0, 0.05) is 23.1 Å². The fourth-order valence-corrected chi connectivity index (χ4v) is 2.01. The largest absolute Gasteiger partial charge is 0.494 e. The predicted molar refractivity (Wildman–Crippen MR) is 70.8 cm³/mol. The Labute approximate surface area is 127 Å². The monoisotopic (exact) mass is 333 g/mol. The molecule has 0 bridgehead atoms. The summed E-state index contributed by atoms with van der Waals surface area (Å²) in [7, 11) is 2.43. The number of rotatable bonds is 4. The zero-order chi connectivity index (χ0) is 17.3. The molecule has 0 amide bonds. The van der Waals surface area contributed by atoms with Crippen molar-refractivity contribution in [1.82, 2.24) is 0 Å². The van der Waals surface area contributed by atoms with Gasteiger partial charge in [0.25, 0.3) is 0 Å². The lowest BCUT2D eigenvalue weighted by atomic mass is 9.62. The van der Waals surface area contributed by atoms with E-state index in [1.54, 1.807) is 0 Å². The Morgan fingerprint density at radius 2 is 1.00 bits per heavy atom. The van der Waals surface area contributed by atoms with Crippen molar-refractivity contribution >= 4 is 18.2 Å². The number of hydrogen-bond acceptors (Lipinski definition) is 2. The average Bonchev–Trinajstić information content (AvgIpc) is 2.49. The van der Waals surface area contributed by atoms with Crippen molar-refractivity contribution in [2.75, 3.05) is 14.2 Å². The van der Waals surface area contributed by atoms with Crippen LogP contribution in [-0.2, 0) is 0 Å². The topological polar surface area (TPSA) is 18.5 Å². The molecule has 0 saturated heterocycles. The third-order valence-corrected chi connectivity index (χ3v) is 3.02. The smallest absolute Gasteiger partial charge is 0.209 e. The van der Waals surface area contributed by atoms with Crippen LogP contribution in [0, 0.1) is 34.9 Å². The first-order valence-electron chi connectivity index (χ1n) is 6.09. The zero-order valence-electron chi connectivity index (χ0n) is 11.8. The van der Waals surface area contributed by atoms with Gasteiger partial charge in [-0.15, -0.1) is 0 Å². The van der Waals surface area contributed by atoms with Gasteiger partial charge < -0.3 is 9.47 Å². The SMILES string of the molecule is COc1c(F)cc(F)c(F)c1[B]c1c(F)c(F)cc(F)c1OC. The molecule has 0 saturated carbocycles. The van der Waals surface area contributed by atoms with Crippen molar-refractivity contribution in [2.45, 2.75) is 0 Å². The van der Waals surface area contributed by atoms with E-state index in [-0.39, 0.29) is 12.1 Å². The van der Waals surface area contributed by atoms with Gasteiger partial charge in [0.1, 0.15) is 0 Å². The molecular weight excluding hydrogens is 325 g/mol. The highest BCUT2D eigenvalue weighted by Crippen LogP contribution is 2.21. The van der Waals surface area contributed by atoms with Crippen LogP contribution in [0.25, 0.3) is 0 Å². The molecule has 0 heterocycles. The van der Waals surface area contributed by atoms with E-state index in [2.05, 4.69) is 9.47 Å². The molecule has 121 valence electrons. The average molecular weight is 333 g/mol. The molecule has 9 heteroatoms. The van der Waals surface area contributed by atoms with Crippen LogP contribution in [0.1, 0.15) is 0 Å². The van der Waals surface area contributed by atoms with E-state index in [4.69, 9.17) is 0 Å². The summed E-state index contributed by atoms with van der Waals surface area (Å²) in [5, 5.41) is 0. The van der Waals surface area contributed by atoms with Crippen LogP contribution in [0.4, 0.5) is 26.3 Å². The Kier molecular flexibility index (Phi) is 4.77. The maximum absolute atomic E-state index is 13.9. The highest BCUT2D eigenvalue weighted by atomic mass is 19.2. The molecule has 2 rings (SSSR count). The van der Waals surface area contributed by atoms with Gasteiger partial charge in [-0.05, 0) is 0 Å². The number of hydrogen-bond donors (Lipinski definition) is 0. The molecule has 0 atom stereocenters. The third-order valence-electron chi connectivity index (χ3n) is 3.02. The zero-order valence-corrected chi connectivity index (χ0v) is 11.8. The Hall–Kier alpha value is -2.32. The maximum Gasteiger partial charge on any atom is 0.209 e. The second kappa shape index (κ2) is 6.43. The minimum atomic E-state index is -1.58. The molecule has 0 N–H and O–H groups in total. The molecular formula is C14H8BF6O2. The van der Waals surface area contributed by atoms with E-state index < -0.39 is 57.3 Å². The fourth-order valence-electron chi connectivity index (χ4n) is 2.01. The first kappa shape index (κ1) is 17.0. The molecule has 0 fully saturated rings. The molecule has 0 aliphatic rings. The van der Waals surface area contributed by atoms with Crippen molar-refractivity contribution in [2.24, 2.45) is 0 Å². The van der Waals surface area contributed by atoms with E-state index in [0.717, 1.165) is 14.2 Å². The molecule has 2 aromatic rings. The van der Waals surface area contributed by atoms with Crippen LogP contribution in [0.5, 0.6) is 11.5 Å². The molecule has 2 aromatic carbocycles. The lowest BCUT2D eigenvalue weighted by molar-refractivity contribution is 0.380. The van der Waals surface area contributed by atoms with Crippen LogP contribution in [-0.4, -0.2) is 21.5 Å². The fraction of sp³-hybridized carbons (Fsp3) is 0.143. The molecule has 0 spiro atoms. The molecule has 23 heavy (non-hydrogen) atoms. The second-order valence-electron chi connectivity index (χ2n) is 4.35. The molecule has 0 aromatic heterocycles.